The molecule has 0 atom stereocenters. The summed E-state index contributed by atoms with van der Waals surface area (Å²) in [6.07, 6.45) is 5.61. The normalized spacial score (nSPS) is 19.2. The highest BCUT2D eigenvalue weighted by Crippen LogP contribution is 2.21. The summed E-state index contributed by atoms with van der Waals surface area (Å²) in [5.74, 6) is 0. The van der Waals surface area contributed by atoms with Gasteiger partial charge in [-0.3, -0.25) is 0 Å². The third kappa shape index (κ3) is 4.10. The number of nitrogens with zero attached hydrogens (tertiary/aromatic N) is 1. The zero-order valence-corrected chi connectivity index (χ0v) is 8.90. The van der Waals surface area contributed by atoms with Gasteiger partial charge in [0.05, 0.1) is 0 Å². The first-order valence-corrected chi connectivity index (χ1v) is 5.30. The van der Waals surface area contributed by atoms with Gasteiger partial charge in [0.15, 0.2) is 0 Å². The molecule has 1 rings (SSSR count). The van der Waals surface area contributed by atoms with E-state index >= 15 is 0 Å². The smallest absolute Gasteiger partial charge is 0.000654 e. The van der Waals surface area contributed by atoms with E-state index in [4.69, 9.17) is 0 Å². The van der Waals surface area contributed by atoms with Gasteiger partial charge in [0.1, 0.15) is 0 Å². The van der Waals surface area contributed by atoms with E-state index in [9.17, 15) is 0 Å². The highest BCUT2D eigenvalue weighted by atomic mass is 15.2. The van der Waals surface area contributed by atoms with Gasteiger partial charge in [0.25, 0.3) is 0 Å². The van der Waals surface area contributed by atoms with Gasteiger partial charge in [-0.05, 0) is 44.3 Å². The summed E-state index contributed by atoms with van der Waals surface area (Å²) < 4.78 is 0. The van der Waals surface area contributed by atoms with E-state index in [1.54, 1.807) is 0 Å². The van der Waals surface area contributed by atoms with Crippen molar-refractivity contribution in [2.45, 2.75) is 46.5 Å². The Morgan fingerprint density at radius 3 is 2.17 bits per heavy atom. The predicted octanol–water partition coefficient (Wildman–Crippen LogP) is 2.91. The fourth-order valence-electron chi connectivity index (χ4n) is 1.60. The Balaban J connectivity index is 1.88. The van der Waals surface area contributed by atoms with Gasteiger partial charge in [-0.1, -0.05) is 27.2 Å². The molecule has 1 aliphatic heterocycles. The maximum atomic E-state index is 2.56. The second-order valence-corrected chi connectivity index (χ2v) is 5.21. The lowest BCUT2D eigenvalue weighted by atomic mass is 9.90. The molecule has 0 aliphatic carbocycles. The molecule has 0 radical (unpaired) electrons. The van der Waals surface area contributed by atoms with E-state index in [0.29, 0.717) is 5.41 Å². The Hall–Kier alpha value is -0.0400. The van der Waals surface area contributed by atoms with Gasteiger partial charge >= 0.3 is 0 Å². The van der Waals surface area contributed by atoms with Crippen LogP contribution >= 0.6 is 0 Å². The molecule has 0 bridgehead atoms. The molecule has 0 amide bonds. The third-order valence-electron chi connectivity index (χ3n) is 2.60. The molecule has 0 aromatic rings. The summed E-state index contributed by atoms with van der Waals surface area (Å²) in [5, 5.41) is 0. The minimum atomic E-state index is 0.537. The summed E-state index contributed by atoms with van der Waals surface area (Å²) in [4.78, 5) is 2.56. The number of hydrogen-bond acceptors (Lipinski definition) is 1. The number of unbranched alkanes of at least 4 members (excludes halogenated alkanes) is 1. The first-order valence-electron chi connectivity index (χ1n) is 5.30. The zero-order chi connectivity index (χ0) is 9.03. The van der Waals surface area contributed by atoms with Crippen molar-refractivity contribution < 1.29 is 0 Å². The van der Waals surface area contributed by atoms with E-state index in [-0.39, 0.29) is 0 Å². The Morgan fingerprint density at radius 2 is 1.75 bits per heavy atom. The van der Waals surface area contributed by atoms with Crippen LogP contribution in [0.4, 0.5) is 0 Å². The van der Waals surface area contributed by atoms with Crippen LogP contribution in [0.1, 0.15) is 46.5 Å². The molecule has 12 heavy (non-hydrogen) atoms. The van der Waals surface area contributed by atoms with Gasteiger partial charge in [-0.25, -0.2) is 0 Å². The second kappa shape index (κ2) is 4.27. The topological polar surface area (TPSA) is 3.24 Å². The fourth-order valence-corrected chi connectivity index (χ4v) is 1.60. The molecule has 1 saturated heterocycles. The van der Waals surface area contributed by atoms with E-state index in [1.165, 1.54) is 45.3 Å². The van der Waals surface area contributed by atoms with Crippen LogP contribution in [0.25, 0.3) is 0 Å². The van der Waals surface area contributed by atoms with Crippen molar-refractivity contribution in [2.24, 2.45) is 5.41 Å². The molecule has 1 fully saturated rings. The Morgan fingerprint density at radius 1 is 1.08 bits per heavy atom. The van der Waals surface area contributed by atoms with Crippen molar-refractivity contribution >= 4 is 0 Å². The van der Waals surface area contributed by atoms with Crippen molar-refractivity contribution in [3.63, 3.8) is 0 Å². The largest absolute Gasteiger partial charge is 0.303 e. The summed E-state index contributed by atoms with van der Waals surface area (Å²) >= 11 is 0. The predicted molar refractivity (Wildman–Crippen MR) is 54.4 cm³/mol. The molecular formula is C11H23N. The molecule has 0 unspecified atom stereocenters. The Labute approximate surface area is 77.1 Å². The molecule has 1 aliphatic rings. The Kier molecular flexibility index (Phi) is 3.57. The van der Waals surface area contributed by atoms with Crippen LogP contribution < -0.4 is 0 Å². The Bertz CT molecular complexity index is 119. The molecule has 0 spiro atoms. The van der Waals surface area contributed by atoms with E-state index < -0.39 is 0 Å². The van der Waals surface area contributed by atoms with Gasteiger partial charge in [-0.2, -0.15) is 0 Å². The summed E-state index contributed by atoms with van der Waals surface area (Å²) in [6.45, 7) is 11.0. The van der Waals surface area contributed by atoms with Crippen molar-refractivity contribution in [1.82, 2.24) is 4.90 Å². The number of likely N-dealkylation sites (tertiary alicyclic amines) is 1. The van der Waals surface area contributed by atoms with E-state index in [2.05, 4.69) is 25.7 Å². The molecule has 0 aromatic carbocycles. The van der Waals surface area contributed by atoms with Crippen LogP contribution in [0.3, 0.4) is 0 Å². The zero-order valence-electron chi connectivity index (χ0n) is 8.90. The van der Waals surface area contributed by atoms with Crippen LogP contribution in [0.5, 0.6) is 0 Å². The SMILES string of the molecule is CC(C)(C)CCCCN1CCC1. The lowest BCUT2D eigenvalue weighted by molar-refractivity contribution is 0.175. The average molecular weight is 169 g/mol. The maximum absolute atomic E-state index is 2.56. The van der Waals surface area contributed by atoms with Crippen molar-refractivity contribution in [3.05, 3.63) is 0 Å². The van der Waals surface area contributed by atoms with Crippen molar-refractivity contribution in [3.8, 4) is 0 Å². The first kappa shape index (κ1) is 10.0. The van der Waals surface area contributed by atoms with Crippen LogP contribution in [0.2, 0.25) is 0 Å². The molecule has 1 heteroatoms. The lowest BCUT2D eigenvalue weighted by Crippen LogP contribution is -2.37. The van der Waals surface area contributed by atoms with Crippen LogP contribution in [-0.4, -0.2) is 24.5 Å². The minimum Gasteiger partial charge on any atom is -0.303 e. The molecular weight excluding hydrogens is 146 g/mol. The van der Waals surface area contributed by atoms with Crippen LogP contribution in [0, 0.1) is 5.41 Å². The lowest BCUT2D eigenvalue weighted by Gasteiger charge is -2.30. The molecule has 1 heterocycles. The molecule has 1 nitrogen and oxygen atoms in total. The number of hydrogen-bond donors (Lipinski definition) is 0. The van der Waals surface area contributed by atoms with Crippen molar-refractivity contribution in [2.75, 3.05) is 19.6 Å². The quantitative estimate of drug-likeness (QED) is 0.585. The summed E-state index contributed by atoms with van der Waals surface area (Å²) in [6, 6.07) is 0. The maximum Gasteiger partial charge on any atom is -0.000654 e. The molecule has 0 aromatic heterocycles. The average Bonchev–Trinajstić information content (AvgIpc) is 1.80. The first-order chi connectivity index (χ1) is 5.58. The van der Waals surface area contributed by atoms with Gasteiger partial charge < -0.3 is 4.90 Å². The minimum absolute atomic E-state index is 0.537. The van der Waals surface area contributed by atoms with E-state index in [1.807, 2.05) is 0 Å². The molecule has 0 N–H and O–H groups in total. The molecule has 0 saturated carbocycles. The van der Waals surface area contributed by atoms with Gasteiger partial charge in [0.2, 0.25) is 0 Å². The highest BCUT2D eigenvalue weighted by molar-refractivity contribution is 4.69. The van der Waals surface area contributed by atoms with E-state index in [0.717, 1.165) is 0 Å². The summed E-state index contributed by atoms with van der Waals surface area (Å²) in [5.41, 5.74) is 0.537. The van der Waals surface area contributed by atoms with Crippen LogP contribution in [-0.2, 0) is 0 Å². The van der Waals surface area contributed by atoms with Crippen LogP contribution in [0.15, 0.2) is 0 Å². The van der Waals surface area contributed by atoms with Gasteiger partial charge in [-0.15, -0.1) is 0 Å². The summed E-state index contributed by atoms with van der Waals surface area (Å²) in [7, 11) is 0. The van der Waals surface area contributed by atoms with Gasteiger partial charge in [0, 0.05) is 0 Å². The number of rotatable bonds is 4. The fraction of sp³-hybridized carbons (Fsp3) is 1.00. The third-order valence-corrected chi connectivity index (χ3v) is 2.60. The highest BCUT2D eigenvalue weighted by Gasteiger charge is 2.13. The second-order valence-electron chi connectivity index (χ2n) is 5.21. The monoisotopic (exact) mass is 169 g/mol. The standard InChI is InChI=1S/C11H23N/c1-11(2,3)7-4-5-8-12-9-6-10-12/h4-10H2,1-3H3. The molecule has 72 valence electrons. The van der Waals surface area contributed by atoms with Crippen molar-refractivity contribution in [1.29, 1.82) is 0 Å².